The molecule has 9 heteroatoms. The van der Waals surface area contributed by atoms with E-state index in [1.807, 2.05) is 58.3 Å². The van der Waals surface area contributed by atoms with Crippen molar-refractivity contribution >= 4 is 22.7 Å². The van der Waals surface area contributed by atoms with Crippen molar-refractivity contribution in [1.29, 1.82) is 0 Å². The molecule has 6 rings (SSSR count). The molecule has 0 spiro atoms. The number of benzene rings is 2. The van der Waals surface area contributed by atoms with Crippen LogP contribution < -0.4 is 0 Å². The van der Waals surface area contributed by atoms with Crippen LogP contribution in [0.1, 0.15) is 20.7 Å². The zero-order valence-corrected chi connectivity index (χ0v) is 19.6. The molecule has 2 amide bonds. The van der Waals surface area contributed by atoms with Gasteiger partial charge in [0.25, 0.3) is 11.8 Å². The summed E-state index contributed by atoms with van der Waals surface area (Å²) < 4.78 is 15.2. The second kappa shape index (κ2) is 9.16. The average molecular weight is 485 g/mol. The minimum absolute atomic E-state index is 0.000738. The molecule has 0 aliphatic carbocycles. The van der Waals surface area contributed by atoms with Gasteiger partial charge in [0.15, 0.2) is 0 Å². The highest BCUT2D eigenvalue weighted by molar-refractivity contribution is 5.99. The maximum Gasteiger partial charge on any atom is 0.253 e. The van der Waals surface area contributed by atoms with Gasteiger partial charge in [-0.2, -0.15) is 9.37 Å². The summed E-state index contributed by atoms with van der Waals surface area (Å²) >= 11 is 0. The van der Waals surface area contributed by atoms with Gasteiger partial charge in [-0.1, -0.05) is 18.2 Å². The summed E-state index contributed by atoms with van der Waals surface area (Å²) in [6.07, 6.45) is 3.15. The molecule has 2 aromatic carbocycles. The van der Waals surface area contributed by atoms with Crippen molar-refractivity contribution in [1.82, 2.24) is 29.2 Å². The van der Waals surface area contributed by atoms with Gasteiger partial charge in [-0.25, -0.2) is 4.98 Å². The third kappa shape index (κ3) is 4.11. The molecule has 2 aromatic heterocycles. The first-order valence-electron chi connectivity index (χ1n) is 12.0. The number of carbonyl (C=O) groups excluding carboxylic acids is 2. The van der Waals surface area contributed by atoms with E-state index in [-0.39, 0.29) is 17.8 Å². The summed E-state index contributed by atoms with van der Waals surface area (Å²) in [5, 5.41) is 0.866. The minimum Gasteiger partial charge on any atom is -0.336 e. The first-order valence-corrected chi connectivity index (χ1v) is 12.0. The lowest BCUT2D eigenvalue weighted by atomic mass is 10.0. The van der Waals surface area contributed by atoms with Gasteiger partial charge in [-0.15, -0.1) is 0 Å². The third-order valence-corrected chi connectivity index (χ3v) is 7.05. The fourth-order valence-corrected chi connectivity index (χ4v) is 4.98. The summed E-state index contributed by atoms with van der Waals surface area (Å²) in [7, 11) is 0. The minimum atomic E-state index is -0.592. The monoisotopic (exact) mass is 484 g/mol. The van der Waals surface area contributed by atoms with Gasteiger partial charge in [0.05, 0.1) is 5.52 Å². The Morgan fingerprint density at radius 1 is 0.833 bits per heavy atom. The number of carbonyl (C=O) groups is 2. The number of nitrogens with zero attached hydrogens (tertiary/aromatic N) is 6. The van der Waals surface area contributed by atoms with Crippen LogP contribution in [0, 0.1) is 5.95 Å². The second-order valence-corrected chi connectivity index (χ2v) is 9.20. The predicted molar refractivity (Wildman–Crippen MR) is 132 cm³/mol. The Morgan fingerprint density at radius 3 is 2.33 bits per heavy atom. The number of aromatic nitrogens is 3. The van der Waals surface area contributed by atoms with Crippen molar-refractivity contribution in [3.63, 3.8) is 0 Å². The second-order valence-electron chi connectivity index (χ2n) is 9.20. The molecular weight excluding hydrogens is 459 g/mol. The lowest BCUT2D eigenvalue weighted by Gasteiger charge is -2.48. The molecule has 0 radical (unpaired) electrons. The summed E-state index contributed by atoms with van der Waals surface area (Å²) in [6.45, 7) is 4.38. The first kappa shape index (κ1) is 22.4. The van der Waals surface area contributed by atoms with Crippen LogP contribution in [0.2, 0.25) is 0 Å². The van der Waals surface area contributed by atoms with Crippen molar-refractivity contribution < 1.29 is 14.0 Å². The van der Waals surface area contributed by atoms with Crippen molar-refractivity contribution in [2.24, 2.45) is 0 Å². The Hall–Kier alpha value is -4.11. The summed E-state index contributed by atoms with van der Waals surface area (Å²) in [5.41, 5.74) is 2.15. The Balaban J connectivity index is 1.06. The van der Waals surface area contributed by atoms with Gasteiger partial charge in [-0.3, -0.25) is 19.1 Å². The predicted octanol–water partition coefficient (Wildman–Crippen LogP) is 2.84. The molecule has 2 saturated heterocycles. The van der Waals surface area contributed by atoms with E-state index in [1.165, 1.54) is 12.3 Å². The van der Waals surface area contributed by atoms with Gasteiger partial charge >= 0.3 is 0 Å². The van der Waals surface area contributed by atoms with E-state index in [2.05, 4.69) is 14.9 Å². The van der Waals surface area contributed by atoms with Crippen LogP contribution in [0.4, 0.5) is 4.39 Å². The topological polar surface area (TPSA) is 74.6 Å². The van der Waals surface area contributed by atoms with Crippen LogP contribution in [-0.2, 0) is 0 Å². The van der Waals surface area contributed by atoms with E-state index in [1.54, 1.807) is 16.8 Å². The van der Waals surface area contributed by atoms with E-state index in [9.17, 15) is 14.0 Å². The molecule has 4 heterocycles. The van der Waals surface area contributed by atoms with E-state index in [0.29, 0.717) is 37.8 Å². The summed E-state index contributed by atoms with van der Waals surface area (Å²) in [6, 6.07) is 18.3. The van der Waals surface area contributed by atoms with Crippen LogP contribution in [0.25, 0.3) is 16.9 Å². The van der Waals surface area contributed by atoms with Crippen LogP contribution in [0.3, 0.4) is 0 Å². The van der Waals surface area contributed by atoms with Gasteiger partial charge in [0.1, 0.15) is 0 Å². The van der Waals surface area contributed by atoms with Crippen molar-refractivity contribution in [2.75, 3.05) is 39.3 Å². The number of hydrogen-bond donors (Lipinski definition) is 0. The normalized spacial score (nSPS) is 16.8. The van der Waals surface area contributed by atoms with E-state index in [0.717, 1.165) is 29.6 Å². The molecule has 8 nitrogen and oxygen atoms in total. The molecule has 0 atom stereocenters. The molecule has 0 N–H and O–H groups in total. The van der Waals surface area contributed by atoms with Crippen molar-refractivity contribution in [3.8, 4) is 5.95 Å². The largest absolute Gasteiger partial charge is 0.336 e. The maximum atomic E-state index is 13.5. The van der Waals surface area contributed by atoms with E-state index < -0.39 is 5.95 Å². The number of halogens is 1. The molecule has 2 aliphatic heterocycles. The molecule has 4 aromatic rings. The molecule has 0 unspecified atom stereocenters. The lowest BCUT2D eigenvalue weighted by molar-refractivity contribution is 0.00854. The molecule has 2 aliphatic rings. The number of rotatable bonds is 4. The van der Waals surface area contributed by atoms with Gasteiger partial charge in [-0.05, 0) is 36.4 Å². The van der Waals surface area contributed by atoms with Crippen LogP contribution in [0.5, 0.6) is 0 Å². The quantitative estimate of drug-likeness (QED) is 0.417. The van der Waals surface area contributed by atoms with Crippen LogP contribution in [0.15, 0.2) is 73.1 Å². The van der Waals surface area contributed by atoms with Crippen molar-refractivity contribution in [3.05, 3.63) is 90.1 Å². The number of amides is 2. The molecule has 182 valence electrons. The Labute approximate surface area is 207 Å². The molecule has 2 fully saturated rings. The van der Waals surface area contributed by atoms with Crippen LogP contribution in [-0.4, -0.2) is 86.4 Å². The third-order valence-electron chi connectivity index (χ3n) is 7.05. The number of hydrogen-bond acceptors (Lipinski definition) is 5. The zero-order valence-electron chi connectivity index (χ0n) is 19.6. The Bertz CT molecular complexity index is 1420. The van der Waals surface area contributed by atoms with Gasteiger partial charge < -0.3 is 9.80 Å². The smallest absolute Gasteiger partial charge is 0.253 e. The number of piperazine rings is 1. The van der Waals surface area contributed by atoms with Crippen LogP contribution >= 0.6 is 0 Å². The Kier molecular flexibility index (Phi) is 5.69. The molecule has 0 bridgehead atoms. The fraction of sp³-hybridized carbons (Fsp3) is 0.259. The first-order chi connectivity index (χ1) is 17.6. The van der Waals surface area contributed by atoms with E-state index >= 15 is 0 Å². The van der Waals surface area contributed by atoms with Crippen molar-refractivity contribution in [2.45, 2.75) is 6.04 Å². The number of likely N-dealkylation sites (tertiary alicyclic amines) is 1. The molecule has 0 saturated carbocycles. The highest BCUT2D eigenvalue weighted by Crippen LogP contribution is 2.24. The maximum absolute atomic E-state index is 13.5. The zero-order chi connectivity index (χ0) is 24.6. The van der Waals surface area contributed by atoms with Gasteiger partial charge in [0.2, 0.25) is 11.9 Å². The highest BCUT2D eigenvalue weighted by atomic mass is 19.1. The Morgan fingerprint density at radius 2 is 1.58 bits per heavy atom. The SMILES string of the molecule is O=C(c1ccccc1)N1CCN(C2CN(C(=O)c3ccc4c(ccn4-c4nccc(F)n4)c3)C2)CC1. The molecule has 36 heavy (non-hydrogen) atoms. The highest BCUT2D eigenvalue weighted by Gasteiger charge is 2.37. The number of fused-ring (bicyclic) bond motifs is 1. The van der Waals surface area contributed by atoms with E-state index in [4.69, 9.17) is 0 Å². The average Bonchev–Trinajstić information content (AvgIpc) is 3.32. The standard InChI is InChI=1S/C27H25FN6O2/c28-24-8-10-29-27(30-24)34-11-9-20-16-21(6-7-23(20)34)26(36)33-17-22(18-33)31-12-14-32(15-13-31)25(35)19-4-2-1-3-5-19/h1-11,16,22H,12-15,17-18H2. The fourth-order valence-electron chi connectivity index (χ4n) is 4.98. The lowest BCUT2D eigenvalue weighted by Crippen LogP contribution is -2.64. The summed E-state index contributed by atoms with van der Waals surface area (Å²) in [4.78, 5) is 39.9. The summed E-state index contributed by atoms with van der Waals surface area (Å²) in [5.74, 6) is -0.264. The van der Waals surface area contributed by atoms with Gasteiger partial charge in [0, 0.05) is 80.3 Å². The molecular formula is C27H25FN6O2.